The summed E-state index contributed by atoms with van der Waals surface area (Å²) in [5, 5.41) is 3.97. The van der Waals surface area contributed by atoms with Crippen molar-refractivity contribution in [3.8, 4) is 0 Å². The number of likely N-dealkylation sites (tertiary alicyclic amines) is 2. The SMILES string of the molecule is CCCCN1CCC(NC2CCN(Cc3ccccc3)CC2)CC1. The summed E-state index contributed by atoms with van der Waals surface area (Å²) in [7, 11) is 0. The molecule has 24 heavy (non-hydrogen) atoms. The molecular formula is C21H35N3. The van der Waals surface area contributed by atoms with Crippen LogP contribution in [0.25, 0.3) is 0 Å². The molecule has 0 atom stereocenters. The lowest BCUT2D eigenvalue weighted by atomic mass is 9.99. The van der Waals surface area contributed by atoms with Gasteiger partial charge in [-0.2, -0.15) is 0 Å². The lowest BCUT2D eigenvalue weighted by molar-refractivity contribution is 0.155. The minimum atomic E-state index is 0.740. The van der Waals surface area contributed by atoms with Crippen molar-refractivity contribution in [2.75, 3.05) is 32.7 Å². The van der Waals surface area contributed by atoms with E-state index in [0.717, 1.165) is 18.6 Å². The largest absolute Gasteiger partial charge is 0.311 e. The van der Waals surface area contributed by atoms with Crippen molar-refractivity contribution in [1.29, 1.82) is 0 Å². The molecule has 3 rings (SSSR count). The molecule has 0 radical (unpaired) electrons. The zero-order chi connectivity index (χ0) is 16.6. The van der Waals surface area contributed by atoms with Gasteiger partial charge in [0, 0.05) is 18.6 Å². The maximum absolute atomic E-state index is 3.97. The molecule has 0 bridgehead atoms. The summed E-state index contributed by atoms with van der Waals surface area (Å²) in [6.07, 6.45) is 7.98. The van der Waals surface area contributed by atoms with E-state index in [1.54, 1.807) is 0 Å². The van der Waals surface area contributed by atoms with Gasteiger partial charge in [-0.15, -0.1) is 0 Å². The molecule has 2 saturated heterocycles. The fourth-order valence-electron chi connectivity index (χ4n) is 4.14. The first-order chi connectivity index (χ1) is 11.8. The second kappa shape index (κ2) is 9.55. The molecule has 134 valence electrons. The van der Waals surface area contributed by atoms with Crippen LogP contribution in [0.2, 0.25) is 0 Å². The van der Waals surface area contributed by atoms with Crippen molar-refractivity contribution in [2.24, 2.45) is 0 Å². The Morgan fingerprint density at radius 1 is 0.875 bits per heavy atom. The lowest BCUT2D eigenvalue weighted by Crippen LogP contribution is -2.49. The first kappa shape index (κ1) is 17.9. The fourth-order valence-corrected chi connectivity index (χ4v) is 4.14. The Morgan fingerprint density at radius 3 is 2.04 bits per heavy atom. The van der Waals surface area contributed by atoms with Crippen molar-refractivity contribution in [3.63, 3.8) is 0 Å². The Kier molecular flexibility index (Phi) is 7.13. The van der Waals surface area contributed by atoms with E-state index in [2.05, 4.69) is 52.4 Å². The van der Waals surface area contributed by atoms with E-state index < -0.39 is 0 Å². The number of hydrogen-bond donors (Lipinski definition) is 1. The first-order valence-corrected chi connectivity index (χ1v) is 10.1. The smallest absolute Gasteiger partial charge is 0.0233 e. The van der Waals surface area contributed by atoms with Crippen LogP contribution in [0, 0.1) is 0 Å². The average Bonchev–Trinajstić information content (AvgIpc) is 2.64. The van der Waals surface area contributed by atoms with Crippen LogP contribution in [0.1, 0.15) is 51.0 Å². The van der Waals surface area contributed by atoms with Crippen LogP contribution >= 0.6 is 0 Å². The molecule has 0 unspecified atom stereocenters. The van der Waals surface area contributed by atoms with E-state index in [1.165, 1.54) is 76.8 Å². The summed E-state index contributed by atoms with van der Waals surface area (Å²) >= 11 is 0. The summed E-state index contributed by atoms with van der Waals surface area (Å²) in [6, 6.07) is 12.4. The molecule has 1 N–H and O–H groups in total. The van der Waals surface area contributed by atoms with Gasteiger partial charge in [0.2, 0.25) is 0 Å². The highest BCUT2D eigenvalue weighted by Crippen LogP contribution is 2.17. The monoisotopic (exact) mass is 329 g/mol. The molecule has 1 aromatic carbocycles. The molecule has 2 fully saturated rings. The van der Waals surface area contributed by atoms with Gasteiger partial charge < -0.3 is 10.2 Å². The van der Waals surface area contributed by atoms with E-state index in [-0.39, 0.29) is 0 Å². The summed E-state index contributed by atoms with van der Waals surface area (Å²) < 4.78 is 0. The van der Waals surface area contributed by atoms with Crippen molar-refractivity contribution >= 4 is 0 Å². The van der Waals surface area contributed by atoms with Crippen LogP contribution in [-0.4, -0.2) is 54.6 Å². The zero-order valence-electron chi connectivity index (χ0n) is 15.4. The van der Waals surface area contributed by atoms with Crippen molar-refractivity contribution in [1.82, 2.24) is 15.1 Å². The first-order valence-electron chi connectivity index (χ1n) is 10.1. The molecule has 0 saturated carbocycles. The highest BCUT2D eigenvalue weighted by molar-refractivity contribution is 5.14. The number of nitrogens with one attached hydrogen (secondary N) is 1. The summed E-state index contributed by atoms with van der Waals surface area (Å²) in [5.41, 5.74) is 1.45. The fraction of sp³-hybridized carbons (Fsp3) is 0.714. The topological polar surface area (TPSA) is 18.5 Å². The molecule has 3 heteroatoms. The van der Waals surface area contributed by atoms with Crippen molar-refractivity contribution in [3.05, 3.63) is 35.9 Å². The Bertz CT molecular complexity index is 445. The van der Waals surface area contributed by atoms with E-state index in [9.17, 15) is 0 Å². The third-order valence-electron chi connectivity index (χ3n) is 5.72. The predicted octanol–water partition coefficient (Wildman–Crippen LogP) is 3.51. The second-order valence-corrected chi connectivity index (χ2v) is 7.67. The number of nitrogens with zero attached hydrogens (tertiary/aromatic N) is 2. The molecule has 2 heterocycles. The van der Waals surface area contributed by atoms with Gasteiger partial charge >= 0.3 is 0 Å². The third-order valence-corrected chi connectivity index (χ3v) is 5.72. The zero-order valence-corrected chi connectivity index (χ0v) is 15.4. The molecule has 3 nitrogen and oxygen atoms in total. The standard InChI is InChI=1S/C21H35N3/c1-2-3-13-23-14-9-20(10-15-23)22-21-11-16-24(17-12-21)18-19-7-5-4-6-8-19/h4-8,20-22H,2-3,9-18H2,1H3. The average molecular weight is 330 g/mol. The van der Waals surface area contributed by atoms with Gasteiger partial charge in [-0.25, -0.2) is 0 Å². The van der Waals surface area contributed by atoms with E-state index in [1.807, 2.05) is 0 Å². The van der Waals surface area contributed by atoms with Gasteiger partial charge in [-0.1, -0.05) is 43.7 Å². The molecule has 0 amide bonds. The summed E-state index contributed by atoms with van der Waals surface area (Å²) in [5.74, 6) is 0. The molecule has 1 aromatic rings. The highest BCUT2D eigenvalue weighted by Gasteiger charge is 2.24. The molecule has 2 aliphatic rings. The maximum atomic E-state index is 3.97. The van der Waals surface area contributed by atoms with E-state index in [0.29, 0.717) is 0 Å². The van der Waals surface area contributed by atoms with Crippen molar-refractivity contribution in [2.45, 2.75) is 64.1 Å². The summed E-state index contributed by atoms with van der Waals surface area (Å²) in [6.45, 7) is 9.78. The van der Waals surface area contributed by atoms with Gasteiger partial charge in [0.15, 0.2) is 0 Å². The van der Waals surface area contributed by atoms with Gasteiger partial charge in [0.1, 0.15) is 0 Å². The van der Waals surface area contributed by atoms with Gasteiger partial charge in [0.05, 0.1) is 0 Å². The number of benzene rings is 1. The molecule has 0 aromatic heterocycles. The van der Waals surface area contributed by atoms with E-state index >= 15 is 0 Å². The molecule has 2 aliphatic heterocycles. The molecule has 0 spiro atoms. The number of hydrogen-bond acceptors (Lipinski definition) is 3. The number of unbranched alkanes of at least 4 members (excludes halogenated alkanes) is 1. The number of rotatable bonds is 7. The number of piperidine rings is 2. The van der Waals surface area contributed by atoms with Crippen molar-refractivity contribution < 1.29 is 0 Å². The predicted molar refractivity (Wildman–Crippen MR) is 102 cm³/mol. The van der Waals surface area contributed by atoms with Crippen LogP contribution < -0.4 is 5.32 Å². The third kappa shape index (κ3) is 5.58. The van der Waals surface area contributed by atoms with E-state index in [4.69, 9.17) is 0 Å². The normalized spacial score (nSPS) is 22.0. The van der Waals surface area contributed by atoms with Crippen LogP contribution in [0.4, 0.5) is 0 Å². The van der Waals surface area contributed by atoms with Gasteiger partial charge in [-0.05, 0) is 70.4 Å². The van der Waals surface area contributed by atoms with Crippen LogP contribution in [0.3, 0.4) is 0 Å². The second-order valence-electron chi connectivity index (χ2n) is 7.67. The van der Waals surface area contributed by atoms with Crippen LogP contribution in [0.5, 0.6) is 0 Å². The minimum absolute atomic E-state index is 0.740. The lowest BCUT2D eigenvalue weighted by Gasteiger charge is -2.38. The van der Waals surface area contributed by atoms with Gasteiger partial charge in [-0.3, -0.25) is 4.90 Å². The minimum Gasteiger partial charge on any atom is -0.311 e. The Balaban J connectivity index is 1.33. The Labute approximate surface area is 148 Å². The Hall–Kier alpha value is -0.900. The highest BCUT2D eigenvalue weighted by atomic mass is 15.2. The quantitative estimate of drug-likeness (QED) is 0.826. The van der Waals surface area contributed by atoms with Crippen LogP contribution in [-0.2, 0) is 6.54 Å². The summed E-state index contributed by atoms with van der Waals surface area (Å²) in [4.78, 5) is 5.27. The van der Waals surface area contributed by atoms with Gasteiger partial charge in [0.25, 0.3) is 0 Å². The maximum Gasteiger partial charge on any atom is 0.0233 e. The molecular weight excluding hydrogens is 294 g/mol. The van der Waals surface area contributed by atoms with Crippen LogP contribution in [0.15, 0.2) is 30.3 Å². The molecule has 0 aliphatic carbocycles. The Morgan fingerprint density at radius 2 is 1.46 bits per heavy atom.